The third-order valence-corrected chi connectivity index (χ3v) is 4.10. The lowest BCUT2D eigenvalue weighted by molar-refractivity contribution is 0.0696. The van der Waals surface area contributed by atoms with Crippen LogP contribution in [0.3, 0.4) is 0 Å². The van der Waals surface area contributed by atoms with E-state index in [0.717, 1.165) is 12.5 Å². The maximum atomic E-state index is 13.8. The fourth-order valence-electron chi connectivity index (χ4n) is 2.70. The van der Waals surface area contributed by atoms with E-state index in [9.17, 15) is 19.1 Å². The number of benzene rings is 2. The normalized spacial score (nSPS) is 10.5. The molecule has 2 aromatic carbocycles. The number of phenolic OH excluding ortho intramolecular Hbond substituents is 1. The number of ether oxygens (including phenoxy) is 2. The van der Waals surface area contributed by atoms with Crippen molar-refractivity contribution >= 4 is 11.8 Å². The van der Waals surface area contributed by atoms with Crippen molar-refractivity contribution in [2.24, 2.45) is 0 Å². The molecule has 0 aliphatic heterocycles. The van der Waals surface area contributed by atoms with Crippen molar-refractivity contribution in [3.05, 3.63) is 52.8 Å². The second kappa shape index (κ2) is 9.73. The van der Waals surface area contributed by atoms with E-state index in [1.165, 1.54) is 25.1 Å². The standard InChI is InChI=1S/C21H23FO6/c1-3-5-16-18(9-7-15(13(2)23)20(16)24)27-10-4-11-28-19-8-6-14(21(25)26)12-17(19)22/h6-9,12,24H,3-5,10-11H2,1-2H3,(H,25,26). The molecular weight excluding hydrogens is 367 g/mol. The first-order valence-corrected chi connectivity index (χ1v) is 8.99. The van der Waals surface area contributed by atoms with Crippen LogP contribution in [-0.2, 0) is 6.42 Å². The van der Waals surface area contributed by atoms with Crippen LogP contribution in [0.5, 0.6) is 17.2 Å². The highest BCUT2D eigenvalue weighted by Crippen LogP contribution is 2.33. The Morgan fingerprint density at radius 1 is 1.07 bits per heavy atom. The maximum Gasteiger partial charge on any atom is 0.335 e. The fraction of sp³-hybridized carbons (Fsp3) is 0.333. The molecule has 0 aliphatic carbocycles. The van der Waals surface area contributed by atoms with E-state index >= 15 is 0 Å². The van der Waals surface area contributed by atoms with Gasteiger partial charge in [0.1, 0.15) is 11.5 Å². The number of carboxylic acid groups (broad SMARTS) is 1. The number of halogens is 1. The maximum absolute atomic E-state index is 13.8. The van der Waals surface area contributed by atoms with E-state index in [0.29, 0.717) is 24.2 Å². The van der Waals surface area contributed by atoms with E-state index in [-0.39, 0.29) is 41.6 Å². The minimum Gasteiger partial charge on any atom is -0.507 e. The van der Waals surface area contributed by atoms with E-state index < -0.39 is 11.8 Å². The lowest BCUT2D eigenvalue weighted by Crippen LogP contribution is -2.08. The van der Waals surface area contributed by atoms with Gasteiger partial charge >= 0.3 is 5.97 Å². The molecule has 0 saturated heterocycles. The van der Waals surface area contributed by atoms with Gasteiger partial charge in [-0.05, 0) is 43.7 Å². The Morgan fingerprint density at radius 3 is 2.29 bits per heavy atom. The predicted molar refractivity (Wildman–Crippen MR) is 101 cm³/mol. The largest absolute Gasteiger partial charge is 0.507 e. The number of ketones is 1. The quantitative estimate of drug-likeness (QED) is 0.466. The zero-order valence-electron chi connectivity index (χ0n) is 15.8. The van der Waals surface area contributed by atoms with Crippen LogP contribution in [0.2, 0.25) is 0 Å². The summed E-state index contributed by atoms with van der Waals surface area (Å²) in [4.78, 5) is 22.4. The number of phenols is 1. The summed E-state index contributed by atoms with van der Waals surface area (Å²) in [5.41, 5.74) is 0.705. The Labute approximate surface area is 162 Å². The second-order valence-corrected chi connectivity index (χ2v) is 6.25. The number of hydrogen-bond acceptors (Lipinski definition) is 5. The molecule has 0 atom stereocenters. The van der Waals surface area contributed by atoms with Crippen LogP contribution in [0.4, 0.5) is 4.39 Å². The number of carbonyl (C=O) groups is 2. The number of rotatable bonds is 10. The average molecular weight is 390 g/mol. The first-order valence-electron chi connectivity index (χ1n) is 8.99. The van der Waals surface area contributed by atoms with Crippen molar-refractivity contribution < 1.29 is 33.7 Å². The van der Waals surface area contributed by atoms with Gasteiger partial charge in [0.2, 0.25) is 0 Å². The number of Topliss-reactive ketones (excluding diaryl/α,β-unsaturated/α-hetero) is 1. The minimum atomic E-state index is -1.21. The van der Waals surface area contributed by atoms with Crippen molar-refractivity contribution in [1.82, 2.24) is 0 Å². The van der Waals surface area contributed by atoms with Crippen molar-refractivity contribution in [2.45, 2.75) is 33.1 Å². The highest BCUT2D eigenvalue weighted by atomic mass is 19.1. The molecule has 6 nitrogen and oxygen atoms in total. The van der Waals surface area contributed by atoms with Crippen molar-refractivity contribution in [3.63, 3.8) is 0 Å². The first kappa shape index (κ1) is 21.2. The van der Waals surface area contributed by atoms with E-state index in [1.807, 2.05) is 6.92 Å². The summed E-state index contributed by atoms with van der Waals surface area (Å²) in [7, 11) is 0. The molecule has 0 aromatic heterocycles. The first-order chi connectivity index (χ1) is 13.3. The molecule has 150 valence electrons. The van der Waals surface area contributed by atoms with Gasteiger partial charge in [-0.15, -0.1) is 0 Å². The molecular formula is C21H23FO6. The van der Waals surface area contributed by atoms with Gasteiger partial charge < -0.3 is 19.7 Å². The number of carboxylic acids is 1. The molecule has 0 radical (unpaired) electrons. The van der Waals surface area contributed by atoms with Crippen LogP contribution in [0, 0.1) is 5.82 Å². The molecule has 0 bridgehead atoms. The Bertz CT molecular complexity index is 862. The summed E-state index contributed by atoms with van der Waals surface area (Å²) in [6.07, 6.45) is 1.79. The van der Waals surface area contributed by atoms with Crippen LogP contribution in [-0.4, -0.2) is 35.2 Å². The summed E-state index contributed by atoms with van der Waals surface area (Å²) >= 11 is 0. The zero-order valence-corrected chi connectivity index (χ0v) is 15.8. The van der Waals surface area contributed by atoms with E-state index in [1.54, 1.807) is 6.07 Å². The smallest absolute Gasteiger partial charge is 0.335 e. The van der Waals surface area contributed by atoms with Crippen LogP contribution in [0.1, 0.15) is 53.0 Å². The van der Waals surface area contributed by atoms with Crippen LogP contribution >= 0.6 is 0 Å². The molecule has 2 rings (SSSR count). The lowest BCUT2D eigenvalue weighted by atomic mass is 10.0. The van der Waals surface area contributed by atoms with Gasteiger partial charge in [0, 0.05) is 12.0 Å². The van der Waals surface area contributed by atoms with Gasteiger partial charge in [-0.2, -0.15) is 0 Å². The molecule has 2 N–H and O–H groups in total. The minimum absolute atomic E-state index is 0.0277. The third-order valence-electron chi connectivity index (χ3n) is 4.10. The summed E-state index contributed by atoms with van der Waals surface area (Å²) in [6, 6.07) is 6.64. The Morgan fingerprint density at radius 2 is 1.71 bits per heavy atom. The summed E-state index contributed by atoms with van der Waals surface area (Å²) in [5.74, 6) is -1.74. The molecule has 0 aliphatic rings. The highest BCUT2D eigenvalue weighted by Gasteiger charge is 2.16. The molecule has 0 fully saturated rings. The highest BCUT2D eigenvalue weighted by molar-refractivity contribution is 5.97. The molecule has 7 heteroatoms. The molecule has 28 heavy (non-hydrogen) atoms. The number of aromatic carboxylic acids is 1. The van der Waals surface area contributed by atoms with Crippen molar-refractivity contribution in [3.8, 4) is 17.2 Å². The fourth-order valence-corrected chi connectivity index (χ4v) is 2.70. The molecule has 0 spiro atoms. The predicted octanol–water partition coefficient (Wildman–Crippen LogP) is 4.23. The Balaban J connectivity index is 1.92. The second-order valence-electron chi connectivity index (χ2n) is 6.25. The Hall–Kier alpha value is -3.09. The van der Waals surface area contributed by atoms with E-state index in [4.69, 9.17) is 14.6 Å². The zero-order chi connectivity index (χ0) is 20.7. The monoisotopic (exact) mass is 390 g/mol. The molecule has 0 saturated carbocycles. The van der Waals surface area contributed by atoms with Gasteiger partial charge in [0.05, 0.1) is 24.3 Å². The van der Waals surface area contributed by atoms with Crippen LogP contribution in [0.15, 0.2) is 30.3 Å². The lowest BCUT2D eigenvalue weighted by Gasteiger charge is -2.15. The van der Waals surface area contributed by atoms with Gasteiger partial charge in [0.15, 0.2) is 17.3 Å². The van der Waals surface area contributed by atoms with E-state index in [2.05, 4.69) is 0 Å². The van der Waals surface area contributed by atoms with Gasteiger partial charge in [-0.25, -0.2) is 9.18 Å². The van der Waals surface area contributed by atoms with Gasteiger partial charge in [-0.3, -0.25) is 4.79 Å². The van der Waals surface area contributed by atoms with Gasteiger partial charge in [-0.1, -0.05) is 13.3 Å². The van der Waals surface area contributed by atoms with Crippen LogP contribution < -0.4 is 9.47 Å². The number of hydrogen-bond donors (Lipinski definition) is 2. The Kier molecular flexibility index (Phi) is 7.37. The topological polar surface area (TPSA) is 93.1 Å². The van der Waals surface area contributed by atoms with Crippen LogP contribution in [0.25, 0.3) is 0 Å². The summed E-state index contributed by atoms with van der Waals surface area (Å²) in [5, 5.41) is 19.1. The third kappa shape index (κ3) is 5.22. The summed E-state index contributed by atoms with van der Waals surface area (Å²) in [6.45, 7) is 3.79. The molecule has 0 heterocycles. The molecule has 0 unspecified atom stereocenters. The summed E-state index contributed by atoms with van der Waals surface area (Å²) < 4.78 is 24.8. The average Bonchev–Trinajstić information content (AvgIpc) is 2.64. The molecule has 0 amide bonds. The SMILES string of the molecule is CCCc1c(OCCCOc2ccc(C(=O)O)cc2F)ccc(C(C)=O)c1O. The van der Waals surface area contributed by atoms with Crippen molar-refractivity contribution in [2.75, 3.05) is 13.2 Å². The molecule has 2 aromatic rings. The van der Waals surface area contributed by atoms with Gasteiger partial charge in [0.25, 0.3) is 0 Å². The van der Waals surface area contributed by atoms with Crippen molar-refractivity contribution in [1.29, 1.82) is 0 Å². The number of carbonyl (C=O) groups excluding carboxylic acids is 1. The number of aromatic hydroxyl groups is 1.